The Hall–Kier alpha value is -4.97. The summed E-state index contributed by atoms with van der Waals surface area (Å²) in [5.41, 5.74) is 6.79. The normalized spacial score (nSPS) is 14.2. The minimum Gasteiger partial charge on any atom is -0.493 e. The van der Waals surface area contributed by atoms with E-state index < -0.39 is 12.0 Å². The molecule has 3 heterocycles. The number of fused-ring (bicyclic) bond motifs is 1. The van der Waals surface area contributed by atoms with E-state index >= 15 is 0 Å². The third-order valence-corrected chi connectivity index (χ3v) is 11.0. The number of carbonyl (C=O) groups excluding carboxylic acids is 1. The first-order chi connectivity index (χ1) is 25.2. The second kappa shape index (κ2) is 14.9. The number of thiazole rings is 1. The summed E-state index contributed by atoms with van der Waals surface area (Å²) in [5, 5.41) is 0. The molecular weight excluding hydrogens is 806 g/mol. The molecule has 11 heteroatoms. The highest BCUT2D eigenvalue weighted by molar-refractivity contribution is 9.10. The number of ether oxygens (including phenoxy) is 3. The zero-order valence-electron chi connectivity index (χ0n) is 28.7. The van der Waals surface area contributed by atoms with Gasteiger partial charge in [0.2, 0.25) is 0 Å². The summed E-state index contributed by atoms with van der Waals surface area (Å²) in [6.45, 7) is 3.68. The summed E-state index contributed by atoms with van der Waals surface area (Å²) < 4.78 is 22.6. The van der Waals surface area contributed by atoms with Crippen LogP contribution in [0.15, 0.2) is 133 Å². The number of hydrogen-bond acceptors (Lipinski definition) is 7. The van der Waals surface area contributed by atoms with Crippen molar-refractivity contribution in [3.63, 3.8) is 0 Å². The van der Waals surface area contributed by atoms with Gasteiger partial charge in [-0.1, -0.05) is 104 Å². The molecule has 1 aliphatic rings. The van der Waals surface area contributed by atoms with Gasteiger partial charge in [0.25, 0.3) is 5.56 Å². The average molecular weight is 840 g/mol. The van der Waals surface area contributed by atoms with E-state index in [9.17, 15) is 9.59 Å². The minimum atomic E-state index is -0.854. The number of allylic oxidation sites excluding steroid dienone is 1. The molecule has 6 aromatic rings. The molecular formula is C41H33Br2N3O5S. The Balaban J connectivity index is 1.52. The van der Waals surface area contributed by atoms with E-state index in [2.05, 4.69) is 78.9 Å². The molecule has 262 valence electrons. The molecule has 1 aliphatic heterocycles. The van der Waals surface area contributed by atoms with Gasteiger partial charge in [-0.05, 0) is 79.1 Å². The summed E-state index contributed by atoms with van der Waals surface area (Å²) in [4.78, 5) is 33.6. The zero-order valence-corrected chi connectivity index (χ0v) is 32.7. The van der Waals surface area contributed by atoms with Crippen molar-refractivity contribution in [1.82, 2.24) is 9.13 Å². The molecule has 0 N–H and O–H groups in total. The topological polar surface area (TPSA) is 84.1 Å². The summed E-state index contributed by atoms with van der Waals surface area (Å²) in [6, 6.07) is 33.3. The van der Waals surface area contributed by atoms with Crippen molar-refractivity contribution in [3.8, 4) is 39.7 Å². The predicted octanol–water partition coefficient (Wildman–Crippen LogP) is 8.47. The van der Waals surface area contributed by atoms with Crippen molar-refractivity contribution in [2.24, 2.45) is 4.99 Å². The molecule has 0 saturated heterocycles. The number of halogens is 2. The molecule has 7 rings (SSSR count). The number of hydrogen-bond donors (Lipinski definition) is 0. The maximum Gasteiger partial charge on any atom is 0.338 e. The number of aromatic nitrogens is 2. The van der Waals surface area contributed by atoms with Gasteiger partial charge in [-0.25, -0.2) is 9.79 Å². The highest BCUT2D eigenvalue weighted by Gasteiger charge is 2.35. The minimum absolute atomic E-state index is 0.168. The third-order valence-electron chi connectivity index (χ3n) is 8.83. The van der Waals surface area contributed by atoms with Gasteiger partial charge in [-0.15, -0.1) is 0 Å². The first-order valence-electron chi connectivity index (χ1n) is 16.5. The van der Waals surface area contributed by atoms with Crippen molar-refractivity contribution in [2.45, 2.75) is 19.9 Å². The van der Waals surface area contributed by atoms with Crippen molar-refractivity contribution in [1.29, 1.82) is 0 Å². The van der Waals surface area contributed by atoms with E-state index in [0.29, 0.717) is 36.6 Å². The molecule has 0 spiro atoms. The third kappa shape index (κ3) is 6.48. The van der Waals surface area contributed by atoms with E-state index in [0.717, 1.165) is 38.2 Å². The number of rotatable bonds is 9. The van der Waals surface area contributed by atoms with Crippen molar-refractivity contribution < 1.29 is 19.0 Å². The van der Waals surface area contributed by atoms with Gasteiger partial charge in [0.1, 0.15) is 0 Å². The Morgan fingerprint density at radius 2 is 1.52 bits per heavy atom. The van der Waals surface area contributed by atoms with Crippen LogP contribution in [0.2, 0.25) is 0 Å². The van der Waals surface area contributed by atoms with E-state index in [1.807, 2.05) is 54.6 Å². The Morgan fingerprint density at radius 1 is 0.885 bits per heavy atom. The van der Waals surface area contributed by atoms with Crippen molar-refractivity contribution in [3.05, 3.63) is 154 Å². The monoisotopic (exact) mass is 837 g/mol. The SMILES string of the molecule is CCOC(=O)C1=C(C)N=c2s/c(=C\c3cc(-c4ccccc4)n(-c4ccc(Br)cc4)c3-c3ccccc3)c(=O)n2[C@@H]1c1cc(OC)c(OC)cc1Br. The van der Waals surface area contributed by atoms with Gasteiger partial charge in [0.15, 0.2) is 16.3 Å². The lowest BCUT2D eigenvalue weighted by Crippen LogP contribution is -2.40. The number of methoxy groups -OCH3 is 2. The van der Waals surface area contributed by atoms with Crippen LogP contribution in [-0.4, -0.2) is 35.9 Å². The number of carbonyl (C=O) groups is 1. The largest absolute Gasteiger partial charge is 0.493 e. The molecule has 0 unspecified atom stereocenters. The summed E-state index contributed by atoms with van der Waals surface area (Å²) in [7, 11) is 3.10. The molecule has 0 saturated carbocycles. The van der Waals surface area contributed by atoms with Crippen LogP contribution in [0, 0.1) is 0 Å². The van der Waals surface area contributed by atoms with Crippen LogP contribution in [0.4, 0.5) is 0 Å². The summed E-state index contributed by atoms with van der Waals surface area (Å²) in [6.07, 6.45) is 1.93. The second-order valence-electron chi connectivity index (χ2n) is 11.9. The lowest BCUT2D eigenvalue weighted by atomic mass is 9.95. The Morgan fingerprint density at radius 3 is 2.15 bits per heavy atom. The molecule has 0 amide bonds. The highest BCUT2D eigenvalue weighted by Crippen LogP contribution is 2.41. The second-order valence-corrected chi connectivity index (χ2v) is 14.7. The van der Waals surface area contributed by atoms with Gasteiger partial charge in [-0.2, -0.15) is 0 Å². The molecule has 0 aliphatic carbocycles. The fourth-order valence-corrected chi connectivity index (χ4v) is 8.36. The van der Waals surface area contributed by atoms with E-state index in [4.69, 9.17) is 19.2 Å². The van der Waals surface area contributed by atoms with Gasteiger partial charge >= 0.3 is 5.97 Å². The Labute approximate surface area is 321 Å². The first-order valence-corrected chi connectivity index (χ1v) is 18.9. The molecule has 2 aromatic heterocycles. The quantitative estimate of drug-likeness (QED) is 0.137. The molecule has 1 atom stereocenters. The first kappa shape index (κ1) is 35.4. The smallest absolute Gasteiger partial charge is 0.338 e. The maximum absolute atomic E-state index is 14.8. The van der Waals surface area contributed by atoms with E-state index in [1.54, 1.807) is 44.8 Å². The summed E-state index contributed by atoms with van der Waals surface area (Å²) in [5.74, 6) is 0.410. The number of benzene rings is 4. The predicted molar refractivity (Wildman–Crippen MR) is 212 cm³/mol. The fourth-order valence-electron chi connectivity index (χ4n) is 6.52. The van der Waals surface area contributed by atoms with Crippen LogP contribution in [0.25, 0.3) is 34.3 Å². The molecule has 8 nitrogen and oxygen atoms in total. The molecule has 0 radical (unpaired) electrons. The summed E-state index contributed by atoms with van der Waals surface area (Å²) >= 11 is 8.55. The van der Waals surface area contributed by atoms with Crippen LogP contribution in [-0.2, 0) is 9.53 Å². The van der Waals surface area contributed by atoms with Crippen LogP contribution in [0.3, 0.4) is 0 Å². The maximum atomic E-state index is 14.8. The van der Waals surface area contributed by atoms with Crippen molar-refractivity contribution in [2.75, 3.05) is 20.8 Å². The lowest BCUT2D eigenvalue weighted by molar-refractivity contribution is -0.139. The fraction of sp³-hybridized carbons (Fsp3) is 0.146. The van der Waals surface area contributed by atoms with Gasteiger partial charge in [0.05, 0.1) is 54.1 Å². The van der Waals surface area contributed by atoms with E-state index in [1.165, 1.54) is 11.3 Å². The number of esters is 1. The molecule has 4 aromatic carbocycles. The highest BCUT2D eigenvalue weighted by atomic mass is 79.9. The number of nitrogens with zero attached hydrogens (tertiary/aromatic N) is 3. The molecule has 52 heavy (non-hydrogen) atoms. The van der Waals surface area contributed by atoms with Crippen LogP contribution in [0.1, 0.15) is 31.0 Å². The van der Waals surface area contributed by atoms with Crippen LogP contribution < -0.4 is 24.4 Å². The average Bonchev–Trinajstić information content (AvgIpc) is 3.68. The standard InChI is InChI=1S/C41H33Br2N3O5S/c1-5-51-40(48)36-24(2)44-41-46(38(36)30-22-33(49-3)34(50-4)23-31(30)43)39(47)35(52-41)21-27-20-32(25-12-8-6-9-13-25)45(29-18-16-28(42)17-19-29)37(27)26-14-10-7-11-15-26/h6-23,38H,5H2,1-4H3/b35-21-/t38-/m1/s1. The van der Waals surface area contributed by atoms with Gasteiger partial charge in [0, 0.05) is 20.2 Å². The van der Waals surface area contributed by atoms with Gasteiger partial charge < -0.3 is 18.8 Å². The van der Waals surface area contributed by atoms with Crippen molar-refractivity contribution >= 4 is 55.2 Å². The zero-order chi connectivity index (χ0) is 36.5. The van der Waals surface area contributed by atoms with E-state index in [-0.39, 0.29) is 17.7 Å². The molecule has 0 fully saturated rings. The van der Waals surface area contributed by atoms with Gasteiger partial charge in [-0.3, -0.25) is 9.36 Å². The van der Waals surface area contributed by atoms with Crippen LogP contribution >= 0.6 is 43.2 Å². The van der Waals surface area contributed by atoms with Crippen LogP contribution in [0.5, 0.6) is 11.5 Å². The Kier molecular flexibility index (Phi) is 10.2. The lowest BCUT2D eigenvalue weighted by Gasteiger charge is -2.26. The molecule has 0 bridgehead atoms. The Bertz CT molecular complexity index is 2520.